The molecule has 1 rings (SSSR count). The molecule has 108 valence electrons. The van der Waals surface area contributed by atoms with Crippen LogP contribution in [-0.2, 0) is 22.8 Å². The third-order valence-corrected chi connectivity index (χ3v) is 4.12. The Kier molecular flexibility index (Phi) is 6.21. The summed E-state index contributed by atoms with van der Waals surface area (Å²) < 4.78 is 11.0. The first kappa shape index (κ1) is 16.4. The topological polar surface area (TPSA) is 29.1 Å². The molecule has 0 aromatic heterocycles. The highest BCUT2D eigenvalue weighted by Gasteiger charge is 2.12. The Hall–Kier alpha value is -0.670. The van der Waals surface area contributed by atoms with Crippen molar-refractivity contribution in [2.75, 3.05) is 12.0 Å². The SMILES string of the molecule is CC(CCS(C)=O)NCc1ccc(C(C)(C)C)cc1. The predicted octanol–water partition coefficient (Wildman–Crippen LogP) is 3.23. The normalized spacial score (nSPS) is 15.2. The summed E-state index contributed by atoms with van der Waals surface area (Å²) in [5.41, 5.74) is 2.88. The second-order valence-corrected chi connectivity index (χ2v) is 7.85. The van der Waals surface area contributed by atoms with Gasteiger partial charge in [-0.05, 0) is 29.9 Å². The van der Waals surface area contributed by atoms with Gasteiger partial charge < -0.3 is 5.32 Å². The van der Waals surface area contributed by atoms with Crippen molar-refractivity contribution in [1.82, 2.24) is 5.32 Å². The predicted molar refractivity (Wildman–Crippen MR) is 85.0 cm³/mol. The molecule has 1 aromatic carbocycles. The van der Waals surface area contributed by atoms with Gasteiger partial charge in [0.15, 0.2) is 0 Å². The lowest BCUT2D eigenvalue weighted by Gasteiger charge is -2.19. The third-order valence-electron chi connectivity index (χ3n) is 3.31. The monoisotopic (exact) mass is 281 g/mol. The van der Waals surface area contributed by atoms with E-state index in [4.69, 9.17) is 0 Å². The van der Waals surface area contributed by atoms with Crippen molar-refractivity contribution in [1.29, 1.82) is 0 Å². The van der Waals surface area contributed by atoms with Crippen LogP contribution in [0.4, 0.5) is 0 Å². The number of hydrogen-bond acceptors (Lipinski definition) is 2. The number of hydrogen-bond donors (Lipinski definition) is 1. The van der Waals surface area contributed by atoms with Crippen molar-refractivity contribution < 1.29 is 4.21 Å². The van der Waals surface area contributed by atoms with Gasteiger partial charge in [-0.1, -0.05) is 45.0 Å². The Balaban J connectivity index is 2.44. The Bertz CT molecular complexity index is 406. The van der Waals surface area contributed by atoms with Crippen LogP contribution in [0, 0.1) is 0 Å². The van der Waals surface area contributed by atoms with Gasteiger partial charge in [0.2, 0.25) is 0 Å². The molecule has 0 spiro atoms. The van der Waals surface area contributed by atoms with Crippen LogP contribution in [0.15, 0.2) is 24.3 Å². The van der Waals surface area contributed by atoms with E-state index in [2.05, 4.69) is 57.3 Å². The fourth-order valence-corrected chi connectivity index (χ4v) is 2.54. The molecule has 1 aromatic rings. The largest absolute Gasteiger partial charge is 0.310 e. The van der Waals surface area contributed by atoms with Crippen LogP contribution in [0.3, 0.4) is 0 Å². The third kappa shape index (κ3) is 6.35. The van der Waals surface area contributed by atoms with Crippen LogP contribution >= 0.6 is 0 Å². The molecular formula is C16H27NOS. The van der Waals surface area contributed by atoms with E-state index in [0.717, 1.165) is 18.7 Å². The highest BCUT2D eigenvalue weighted by Crippen LogP contribution is 2.22. The van der Waals surface area contributed by atoms with Crippen LogP contribution in [0.1, 0.15) is 45.2 Å². The quantitative estimate of drug-likeness (QED) is 0.867. The Morgan fingerprint density at radius 1 is 1.21 bits per heavy atom. The molecule has 2 unspecified atom stereocenters. The first-order valence-electron chi connectivity index (χ1n) is 6.92. The summed E-state index contributed by atoms with van der Waals surface area (Å²) in [4.78, 5) is 0. The summed E-state index contributed by atoms with van der Waals surface area (Å²) in [5, 5.41) is 3.48. The molecule has 0 bridgehead atoms. The standard InChI is InChI=1S/C16H27NOS/c1-13(10-11-19(5)18)17-12-14-6-8-15(9-7-14)16(2,3)4/h6-9,13,17H,10-12H2,1-5H3. The van der Waals surface area contributed by atoms with E-state index in [9.17, 15) is 4.21 Å². The van der Waals surface area contributed by atoms with E-state index in [-0.39, 0.29) is 5.41 Å². The molecule has 2 nitrogen and oxygen atoms in total. The van der Waals surface area contributed by atoms with Gasteiger partial charge in [0.1, 0.15) is 0 Å². The minimum atomic E-state index is -0.687. The second kappa shape index (κ2) is 7.20. The lowest BCUT2D eigenvalue weighted by atomic mass is 9.87. The molecule has 0 radical (unpaired) electrons. The summed E-state index contributed by atoms with van der Waals surface area (Å²) in [6, 6.07) is 9.22. The maximum absolute atomic E-state index is 11.0. The van der Waals surface area contributed by atoms with Gasteiger partial charge in [-0.25, -0.2) is 0 Å². The van der Waals surface area contributed by atoms with Gasteiger partial charge in [0, 0.05) is 35.4 Å². The van der Waals surface area contributed by atoms with Crippen LogP contribution < -0.4 is 5.32 Å². The molecule has 0 amide bonds. The maximum atomic E-state index is 11.0. The van der Waals surface area contributed by atoms with Crippen molar-refractivity contribution in [2.24, 2.45) is 0 Å². The average Bonchev–Trinajstić information content (AvgIpc) is 2.33. The molecule has 1 N–H and O–H groups in total. The molecule has 0 aliphatic carbocycles. The number of nitrogens with one attached hydrogen (secondary N) is 1. The zero-order valence-electron chi connectivity index (χ0n) is 12.8. The van der Waals surface area contributed by atoms with Gasteiger partial charge in [-0.3, -0.25) is 4.21 Å². The molecule has 3 heteroatoms. The molecule has 0 saturated heterocycles. The van der Waals surface area contributed by atoms with Gasteiger partial charge in [0.05, 0.1) is 0 Å². The Labute approximate surface area is 120 Å². The minimum absolute atomic E-state index is 0.213. The summed E-state index contributed by atoms with van der Waals surface area (Å²) >= 11 is 0. The highest BCUT2D eigenvalue weighted by molar-refractivity contribution is 7.84. The fourth-order valence-electron chi connectivity index (χ4n) is 1.86. The smallest absolute Gasteiger partial charge is 0.0246 e. The van der Waals surface area contributed by atoms with Crippen LogP contribution in [0.5, 0.6) is 0 Å². The van der Waals surface area contributed by atoms with Gasteiger partial charge >= 0.3 is 0 Å². The molecular weight excluding hydrogens is 254 g/mol. The van der Waals surface area contributed by atoms with E-state index in [1.807, 2.05) is 0 Å². The summed E-state index contributed by atoms with van der Waals surface area (Å²) in [5.74, 6) is 0.775. The molecule has 0 aliphatic rings. The van der Waals surface area contributed by atoms with Crippen molar-refractivity contribution in [2.45, 2.75) is 52.1 Å². The molecule has 0 aliphatic heterocycles. The summed E-state index contributed by atoms with van der Waals surface area (Å²) in [6.45, 7) is 9.71. The van der Waals surface area contributed by atoms with Gasteiger partial charge in [0.25, 0.3) is 0 Å². The Morgan fingerprint density at radius 3 is 2.26 bits per heavy atom. The van der Waals surface area contributed by atoms with E-state index >= 15 is 0 Å². The number of rotatable bonds is 6. The summed E-state index contributed by atoms with van der Waals surface area (Å²) in [6.07, 6.45) is 2.72. The second-order valence-electron chi connectivity index (χ2n) is 6.29. The van der Waals surface area contributed by atoms with E-state index < -0.39 is 10.8 Å². The van der Waals surface area contributed by atoms with Crippen LogP contribution in [-0.4, -0.2) is 22.3 Å². The zero-order chi connectivity index (χ0) is 14.5. The molecule has 19 heavy (non-hydrogen) atoms. The van der Waals surface area contributed by atoms with Crippen molar-refractivity contribution in [3.63, 3.8) is 0 Å². The van der Waals surface area contributed by atoms with Crippen LogP contribution in [0.2, 0.25) is 0 Å². The van der Waals surface area contributed by atoms with Crippen molar-refractivity contribution in [3.8, 4) is 0 Å². The average molecular weight is 281 g/mol. The zero-order valence-corrected chi connectivity index (χ0v) is 13.6. The highest BCUT2D eigenvalue weighted by atomic mass is 32.2. The lowest BCUT2D eigenvalue weighted by Crippen LogP contribution is -2.27. The van der Waals surface area contributed by atoms with E-state index in [1.54, 1.807) is 6.26 Å². The first-order valence-corrected chi connectivity index (χ1v) is 8.64. The van der Waals surface area contributed by atoms with E-state index in [0.29, 0.717) is 6.04 Å². The minimum Gasteiger partial charge on any atom is -0.310 e. The van der Waals surface area contributed by atoms with E-state index in [1.165, 1.54) is 11.1 Å². The van der Waals surface area contributed by atoms with Gasteiger partial charge in [-0.2, -0.15) is 0 Å². The number of benzene rings is 1. The van der Waals surface area contributed by atoms with Gasteiger partial charge in [-0.15, -0.1) is 0 Å². The molecule has 0 fully saturated rings. The fraction of sp³-hybridized carbons (Fsp3) is 0.625. The summed E-state index contributed by atoms with van der Waals surface area (Å²) in [7, 11) is -0.687. The maximum Gasteiger partial charge on any atom is 0.0246 e. The van der Waals surface area contributed by atoms with Crippen LogP contribution in [0.25, 0.3) is 0 Å². The lowest BCUT2D eigenvalue weighted by molar-refractivity contribution is 0.534. The van der Waals surface area contributed by atoms with Crippen molar-refractivity contribution >= 4 is 10.8 Å². The molecule has 0 saturated carbocycles. The first-order chi connectivity index (χ1) is 8.79. The Morgan fingerprint density at radius 2 is 1.79 bits per heavy atom. The molecule has 2 atom stereocenters. The molecule has 0 heterocycles. The van der Waals surface area contributed by atoms with Crippen molar-refractivity contribution in [3.05, 3.63) is 35.4 Å².